The smallest absolute Gasteiger partial charge is 0.245 e. The van der Waals surface area contributed by atoms with Crippen molar-refractivity contribution in [3.8, 4) is 0 Å². The highest BCUT2D eigenvalue weighted by Gasteiger charge is 2.27. The molecule has 0 radical (unpaired) electrons. The molecule has 136 valence electrons. The number of rotatable bonds is 7. The molecule has 1 aromatic rings. The van der Waals surface area contributed by atoms with Crippen LogP contribution in [0.3, 0.4) is 0 Å². The highest BCUT2D eigenvalue weighted by atomic mass is 35.5. The summed E-state index contributed by atoms with van der Waals surface area (Å²) in [6.07, 6.45) is 0.735. The maximum atomic E-state index is 12.7. The van der Waals surface area contributed by atoms with E-state index >= 15 is 0 Å². The number of nitrogens with two attached hydrogens (primary N) is 1. The third-order valence-corrected chi connectivity index (χ3v) is 3.56. The fraction of sp³-hybridized carbons (Fsp3) is 0.556. The van der Waals surface area contributed by atoms with Crippen LogP contribution in [0.4, 0.5) is 0 Å². The average Bonchev–Trinajstić information content (AvgIpc) is 2.50. The van der Waals surface area contributed by atoms with Gasteiger partial charge in [-0.05, 0) is 25.5 Å². The quantitative estimate of drug-likeness (QED) is 0.788. The van der Waals surface area contributed by atoms with Gasteiger partial charge < -0.3 is 16.0 Å². The van der Waals surface area contributed by atoms with E-state index in [1.165, 1.54) is 0 Å². The first-order chi connectivity index (χ1) is 10.8. The van der Waals surface area contributed by atoms with Gasteiger partial charge in [-0.25, -0.2) is 0 Å². The van der Waals surface area contributed by atoms with Crippen LogP contribution in [0.1, 0.15) is 39.7 Å². The minimum atomic E-state index is -0.553. The first-order valence-electron chi connectivity index (χ1n) is 8.09. The van der Waals surface area contributed by atoms with Gasteiger partial charge in [0.15, 0.2) is 0 Å². The Kier molecular flexibility index (Phi) is 9.63. The Morgan fingerprint density at radius 1 is 1.21 bits per heavy atom. The minimum absolute atomic E-state index is 0. The van der Waals surface area contributed by atoms with Gasteiger partial charge in [-0.1, -0.05) is 51.1 Å². The lowest BCUT2D eigenvalue weighted by atomic mass is 9.95. The number of nitrogens with one attached hydrogen (secondary N) is 1. The molecule has 1 unspecified atom stereocenters. The van der Waals surface area contributed by atoms with Crippen molar-refractivity contribution in [2.75, 3.05) is 13.1 Å². The highest BCUT2D eigenvalue weighted by Crippen LogP contribution is 2.14. The number of carbonyl (C=O) groups excluding carboxylic acids is 2. The SMILES string of the molecule is CC(NC(=O)C(C)(C)C)C(=O)N(CCCN)Cc1ccccc1.Cl. The molecular weight excluding hydrogens is 326 g/mol. The monoisotopic (exact) mass is 355 g/mol. The number of hydrogen-bond donors (Lipinski definition) is 2. The predicted molar refractivity (Wildman–Crippen MR) is 99.8 cm³/mol. The molecule has 0 saturated heterocycles. The Bertz CT molecular complexity index is 515. The second-order valence-electron chi connectivity index (χ2n) is 6.83. The summed E-state index contributed by atoms with van der Waals surface area (Å²) in [4.78, 5) is 26.5. The molecule has 6 heteroatoms. The van der Waals surface area contributed by atoms with Gasteiger partial charge in [0.05, 0.1) is 0 Å². The van der Waals surface area contributed by atoms with Gasteiger partial charge >= 0.3 is 0 Å². The summed E-state index contributed by atoms with van der Waals surface area (Å²) in [7, 11) is 0. The van der Waals surface area contributed by atoms with Crippen LogP contribution in [0, 0.1) is 5.41 Å². The molecule has 1 atom stereocenters. The lowest BCUT2D eigenvalue weighted by Crippen LogP contribution is -2.49. The molecule has 0 bridgehead atoms. The van der Waals surface area contributed by atoms with E-state index in [4.69, 9.17) is 5.73 Å². The third-order valence-electron chi connectivity index (χ3n) is 3.56. The molecule has 5 nitrogen and oxygen atoms in total. The van der Waals surface area contributed by atoms with Crippen molar-refractivity contribution in [3.63, 3.8) is 0 Å². The Balaban J connectivity index is 0.00000529. The molecule has 0 aliphatic heterocycles. The van der Waals surface area contributed by atoms with Crippen LogP contribution >= 0.6 is 12.4 Å². The standard InChI is InChI=1S/C18H29N3O2.ClH/c1-14(20-17(23)18(2,3)4)16(22)21(12-8-11-19)13-15-9-6-5-7-10-15;/h5-7,9-10,14H,8,11-13,19H2,1-4H3,(H,20,23);1H. The Hall–Kier alpha value is -1.59. The molecule has 2 amide bonds. The molecule has 0 heterocycles. The van der Waals surface area contributed by atoms with Crippen LogP contribution in [0.25, 0.3) is 0 Å². The maximum Gasteiger partial charge on any atom is 0.245 e. The van der Waals surface area contributed by atoms with Crippen molar-refractivity contribution in [1.29, 1.82) is 0 Å². The first kappa shape index (κ1) is 22.4. The molecule has 0 spiro atoms. The van der Waals surface area contributed by atoms with Gasteiger partial charge in [0.25, 0.3) is 0 Å². The number of halogens is 1. The van der Waals surface area contributed by atoms with Gasteiger partial charge in [0.1, 0.15) is 6.04 Å². The second kappa shape index (κ2) is 10.3. The van der Waals surface area contributed by atoms with Crippen LogP contribution in [0.2, 0.25) is 0 Å². The number of nitrogens with zero attached hydrogens (tertiary/aromatic N) is 1. The summed E-state index contributed by atoms with van der Waals surface area (Å²) in [6.45, 7) is 8.85. The van der Waals surface area contributed by atoms with Gasteiger partial charge in [0, 0.05) is 18.5 Å². The van der Waals surface area contributed by atoms with Gasteiger partial charge in [-0.2, -0.15) is 0 Å². The van der Waals surface area contributed by atoms with Crippen LogP contribution < -0.4 is 11.1 Å². The molecule has 0 aliphatic rings. The number of hydrogen-bond acceptors (Lipinski definition) is 3. The van der Waals surface area contributed by atoms with Crippen LogP contribution in [-0.4, -0.2) is 35.8 Å². The summed E-state index contributed by atoms with van der Waals surface area (Å²) < 4.78 is 0. The molecular formula is C18H30ClN3O2. The van der Waals surface area contributed by atoms with Crippen molar-refractivity contribution in [1.82, 2.24) is 10.2 Å². The normalized spacial score (nSPS) is 12.0. The topological polar surface area (TPSA) is 75.4 Å². The molecule has 0 aliphatic carbocycles. The number of carbonyl (C=O) groups is 2. The maximum absolute atomic E-state index is 12.7. The number of benzene rings is 1. The molecule has 24 heavy (non-hydrogen) atoms. The molecule has 1 aromatic carbocycles. The Labute approximate surface area is 151 Å². The first-order valence-corrected chi connectivity index (χ1v) is 8.09. The summed E-state index contributed by atoms with van der Waals surface area (Å²) in [6, 6.07) is 9.27. The van der Waals surface area contributed by atoms with E-state index in [9.17, 15) is 9.59 Å². The van der Waals surface area contributed by atoms with E-state index in [-0.39, 0.29) is 24.2 Å². The van der Waals surface area contributed by atoms with Crippen LogP contribution in [0.5, 0.6) is 0 Å². The van der Waals surface area contributed by atoms with Crippen LogP contribution in [-0.2, 0) is 16.1 Å². The summed E-state index contributed by atoms with van der Waals surface area (Å²) in [5.41, 5.74) is 6.12. The van der Waals surface area contributed by atoms with Gasteiger partial charge in [0.2, 0.25) is 11.8 Å². The Morgan fingerprint density at radius 3 is 2.29 bits per heavy atom. The molecule has 3 N–H and O–H groups in total. The summed E-state index contributed by atoms with van der Waals surface area (Å²) >= 11 is 0. The van der Waals surface area contributed by atoms with E-state index < -0.39 is 11.5 Å². The fourth-order valence-corrected chi connectivity index (χ4v) is 2.10. The number of amides is 2. The molecule has 0 saturated carbocycles. The molecule has 0 fully saturated rings. The zero-order valence-corrected chi connectivity index (χ0v) is 15.9. The van der Waals surface area contributed by atoms with E-state index in [1.807, 2.05) is 51.1 Å². The second-order valence-corrected chi connectivity index (χ2v) is 6.83. The van der Waals surface area contributed by atoms with Crippen molar-refractivity contribution < 1.29 is 9.59 Å². The van der Waals surface area contributed by atoms with Crippen molar-refractivity contribution >= 4 is 24.2 Å². The van der Waals surface area contributed by atoms with Crippen molar-refractivity contribution in [2.24, 2.45) is 11.1 Å². The fourth-order valence-electron chi connectivity index (χ4n) is 2.10. The lowest BCUT2D eigenvalue weighted by molar-refractivity contribution is -0.138. The van der Waals surface area contributed by atoms with Gasteiger partial charge in [-0.15, -0.1) is 12.4 Å². The van der Waals surface area contributed by atoms with E-state index in [0.29, 0.717) is 19.6 Å². The van der Waals surface area contributed by atoms with Crippen molar-refractivity contribution in [3.05, 3.63) is 35.9 Å². The van der Waals surface area contributed by atoms with E-state index in [2.05, 4.69) is 5.32 Å². The molecule has 0 aromatic heterocycles. The van der Waals surface area contributed by atoms with Crippen LogP contribution in [0.15, 0.2) is 30.3 Å². The van der Waals surface area contributed by atoms with E-state index in [1.54, 1.807) is 11.8 Å². The summed E-state index contributed by atoms with van der Waals surface area (Å²) in [5.74, 6) is -0.211. The largest absolute Gasteiger partial charge is 0.344 e. The van der Waals surface area contributed by atoms with Crippen molar-refractivity contribution in [2.45, 2.75) is 46.7 Å². The summed E-state index contributed by atoms with van der Waals surface area (Å²) in [5, 5.41) is 2.80. The zero-order valence-electron chi connectivity index (χ0n) is 15.0. The molecule has 1 rings (SSSR count). The lowest BCUT2D eigenvalue weighted by Gasteiger charge is -2.28. The zero-order chi connectivity index (χ0) is 17.5. The average molecular weight is 356 g/mol. The highest BCUT2D eigenvalue weighted by molar-refractivity contribution is 5.89. The van der Waals surface area contributed by atoms with Gasteiger partial charge in [-0.3, -0.25) is 9.59 Å². The predicted octanol–water partition coefficient (Wildman–Crippen LogP) is 2.34. The minimum Gasteiger partial charge on any atom is -0.344 e. The van der Waals surface area contributed by atoms with E-state index in [0.717, 1.165) is 12.0 Å². The Morgan fingerprint density at radius 2 is 1.79 bits per heavy atom. The third kappa shape index (κ3) is 7.32.